The summed E-state index contributed by atoms with van der Waals surface area (Å²) in [6.45, 7) is 19.4. The number of fused-ring (bicyclic) bond motifs is 4. The standard InChI is InChI=1S/C48H64N10O5/c1-8-32-26-34-35(48(6,7)43-41(42(34)60)33-14-13-31(28-49)25-37(33)52-43)27-39(32)56-21-23-57(24-22-56)40(59)12-10-17-55-19-15-30(2)38(29-55)53-44(61)36(54-46(62)63-47(3,4)5)11-9-18-58-20-16-51-45(58)50/h13-14,16,20,25-27,30,36,38,52H,8-12,15,17-19,21-24,29H2,1-7H3,(H2,50,51)(H,53,61)(H,54,62)/t30-,36+,38+/m1/s1. The van der Waals surface area contributed by atoms with Crippen molar-refractivity contribution >= 4 is 46.2 Å². The van der Waals surface area contributed by atoms with Crippen LogP contribution in [0.3, 0.4) is 0 Å². The average molecular weight is 861 g/mol. The number of hydrogen-bond acceptors (Lipinski definition) is 10. The van der Waals surface area contributed by atoms with Gasteiger partial charge in [0.1, 0.15) is 11.6 Å². The number of likely N-dealkylation sites (tertiary alicyclic amines) is 1. The normalized spacial score (nSPS) is 19.2. The number of aryl methyl sites for hydroxylation is 2. The summed E-state index contributed by atoms with van der Waals surface area (Å²) in [6.07, 6.45) is 6.62. The van der Waals surface area contributed by atoms with E-state index in [4.69, 9.17) is 10.5 Å². The van der Waals surface area contributed by atoms with Crippen molar-refractivity contribution < 1.29 is 23.9 Å². The number of alkyl carbamates (subject to hydrolysis) is 1. The number of aromatic nitrogens is 3. The Labute approximate surface area is 370 Å². The third kappa shape index (κ3) is 9.86. The number of carbonyl (C=O) groups is 4. The Morgan fingerprint density at radius 2 is 1.84 bits per heavy atom. The second-order valence-corrected chi connectivity index (χ2v) is 19.1. The van der Waals surface area contributed by atoms with Crippen LogP contribution in [0.1, 0.15) is 119 Å². The number of piperidine rings is 1. The van der Waals surface area contributed by atoms with Crippen LogP contribution in [0.4, 0.5) is 16.4 Å². The Hall–Kier alpha value is -5.88. The monoisotopic (exact) mass is 861 g/mol. The van der Waals surface area contributed by atoms with Crippen molar-refractivity contribution in [2.45, 2.75) is 117 Å². The number of amides is 3. The van der Waals surface area contributed by atoms with Gasteiger partial charge in [0.05, 0.1) is 17.2 Å². The fourth-order valence-corrected chi connectivity index (χ4v) is 9.49. The van der Waals surface area contributed by atoms with Crippen LogP contribution in [-0.4, -0.2) is 112 Å². The lowest BCUT2D eigenvalue weighted by Gasteiger charge is -2.39. The maximum atomic E-state index is 14.1. The fourth-order valence-electron chi connectivity index (χ4n) is 9.49. The minimum atomic E-state index is -0.781. The molecule has 4 heterocycles. The summed E-state index contributed by atoms with van der Waals surface area (Å²) < 4.78 is 7.30. The number of rotatable bonds is 13. The molecule has 0 spiro atoms. The van der Waals surface area contributed by atoms with Crippen molar-refractivity contribution in [2.24, 2.45) is 5.92 Å². The molecule has 2 saturated heterocycles. The minimum Gasteiger partial charge on any atom is -0.444 e. The molecule has 15 heteroatoms. The van der Waals surface area contributed by atoms with Gasteiger partial charge >= 0.3 is 6.09 Å². The summed E-state index contributed by atoms with van der Waals surface area (Å²) in [7, 11) is 0. The molecule has 2 aliphatic heterocycles. The number of H-pyrrole nitrogens is 1. The van der Waals surface area contributed by atoms with Gasteiger partial charge in [-0.1, -0.05) is 33.8 Å². The summed E-state index contributed by atoms with van der Waals surface area (Å²) >= 11 is 0. The molecule has 0 radical (unpaired) electrons. The molecule has 336 valence electrons. The van der Waals surface area contributed by atoms with Gasteiger partial charge in [-0.3, -0.25) is 14.4 Å². The third-order valence-electron chi connectivity index (χ3n) is 13.2. The highest BCUT2D eigenvalue weighted by Gasteiger charge is 2.41. The summed E-state index contributed by atoms with van der Waals surface area (Å²) in [6, 6.07) is 11.0. The molecule has 1 aliphatic carbocycles. The van der Waals surface area contributed by atoms with E-state index in [2.05, 4.69) is 76.3 Å². The molecule has 15 nitrogen and oxygen atoms in total. The Bertz CT molecular complexity index is 2400. The van der Waals surface area contributed by atoms with Crippen LogP contribution in [0.15, 0.2) is 42.7 Å². The number of ketones is 1. The Balaban J connectivity index is 0.919. The highest BCUT2D eigenvalue weighted by Crippen LogP contribution is 2.46. The molecule has 0 unspecified atom stereocenters. The van der Waals surface area contributed by atoms with Gasteiger partial charge in [-0.2, -0.15) is 5.26 Å². The zero-order valence-corrected chi connectivity index (χ0v) is 38.0. The second kappa shape index (κ2) is 18.5. The van der Waals surface area contributed by atoms with Crippen LogP contribution < -0.4 is 21.3 Å². The number of piperazine rings is 1. The van der Waals surface area contributed by atoms with Crippen molar-refractivity contribution in [2.75, 3.05) is 56.4 Å². The number of aromatic amines is 1. The van der Waals surface area contributed by atoms with Crippen LogP contribution in [-0.2, 0) is 32.7 Å². The topological polar surface area (TPSA) is 195 Å². The average Bonchev–Trinajstić information content (AvgIpc) is 3.85. The molecule has 0 bridgehead atoms. The molecular formula is C48H64N10O5. The molecule has 4 aromatic rings. The molecule has 2 aromatic heterocycles. The van der Waals surface area contributed by atoms with Crippen molar-refractivity contribution in [3.8, 4) is 6.07 Å². The number of hydrogen-bond donors (Lipinski definition) is 4. The molecule has 5 N–H and O–H groups in total. The first kappa shape index (κ1) is 45.2. The summed E-state index contributed by atoms with van der Waals surface area (Å²) in [5, 5.41) is 16.4. The molecule has 3 amide bonds. The van der Waals surface area contributed by atoms with E-state index in [9.17, 15) is 24.4 Å². The van der Waals surface area contributed by atoms with E-state index in [0.717, 1.165) is 71.3 Å². The Kier molecular flexibility index (Phi) is 13.2. The van der Waals surface area contributed by atoms with Crippen LogP contribution in [0.2, 0.25) is 0 Å². The van der Waals surface area contributed by atoms with Crippen molar-refractivity contribution in [1.29, 1.82) is 5.26 Å². The maximum absolute atomic E-state index is 14.1. The van der Waals surface area contributed by atoms with E-state index in [-0.39, 0.29) is 29.6 Å². The third-order valence-corrected chi connectivity index (χ3v) is 13.2. The first-order chi connectivity index (χ1) is 30.0. The highest BCUT2D eigenvalue weighted by molar-refractivity contribution is 6.20. The molecule has 3 aliphatic rings. The van der Waals surface area contributed by atoms with E-state index < -0.39 is 23.2 Å². The van der Waals surface area contributed by atoms with Crippen LogP contribution in [0, 0.1) is 17.2 Å². The first-order valence-electron chi connectivity index (χ1n) is 22.6. The number of nitrogens with zero attached hydrogens (tertiary/aromatic N) is 6. The maximum Gasteiger partial charge on any atom is 0.408 e. The van der Waals surface area contributed by atoms with Gasteiger partial charge in [0.25, 0.3) is 0 Å². The zero-order valence-electron chi connectivity index (χ0n) is 38.0. The molecule has 2 aromatic carbocycles. The predicted octanol–water partition coefficient (Wildman–Crippen LogP) is 5.88. The van der Waals surface area contributed by atoms with E-state index in [1.165, 1.54) is 0 Å². The fraction of sp³-hybridized carbons (Fsp3) is 0.542. The lowest BCUT2D eigenvalue weighted by atomic mass is 9.70. The van der Waals surface area contributed by atoms with Crippen molar-refractivity contribution in [1.82, 2.24) is 35.0 Å². The first-order valence-corrected chi connectivity index (χ1v) is 22.6. The van der Waals surface area contributed by atoms with Crippen LogP contribution in [0.25, 0.3) is 10.9 Å². The largest absolute Gasteiger partial charge is 0.444 e. The Morgan fingerprint density at radius 1 is 1.08 bits per heavy atom. The van der Waals surface area contributed by atoms with Crippen molar-refractivity contribution in [3.63, 3.8) is 0 Å². The number of benzene rings is 2. The highest BCUT2D eigenvalue weighted by atomic mass is 16.6. The Morgan fingerprint density at radius 3 is 2.52 bits per heavy atom. The predicted molar refractivity (Wildman–Crippen MR) is 244 cm³/mol. The summed E-state index contributed by atoms with van der Waals surface area (Å²) in [4.78, 5) is 68.4. The van der Waals surface area contributed by atoms with Gasteiger partial charge in [0.2, 0.25) is 11.8 Å². The lowest BCUT2D eigenvalue weighted by Crippen LogP contribution is -2.56. The van der Waals surface area contributed by atoms with Crippen LogP contribution >= 0.6 is 0 Å². The number of carbonyl (C=O) groups excluding carboxylic acids is 4. The van der Waals surface area contributed by atoms with Gasteiger partial charge in [0.15, 0.2) is 11.7 Å². The quantitative estimate of drug-likeness (QED) is 0.126. The van der Waals surface area contributed by atoms with Gasteiger partial charge < -0.3 is 45.4 Å². The number of nitriles is 1. The number of anilines is 2. The van der Waals surface area contributed by atoms with Crippen molar-refractivity contribution in [3.05, 3.63) is 76.2 Å². The molecule has 0 saturated carbocycles. The smallest absolute Gasteiger partial charge is 0.408 e. The molecule has 7 rings (SSSR count). The number of nitrogens with two attached hydrogens (primary N) is 1. The molecular weight excluding hydrogens is 797 g/mol. The number of nitrogens with one attached hydrogen (secondary N) is 3. The number of nitrogen functional groups attached to an aromatic ring is 1. The van der Waals surface area contributed by atoms with Gasteiger partial charge in [0, 0.05) is 97.4 Å². The lowest BCUT2D eigenvalue weighted by molar-refractivity contribution is -0.131. The zero-order chi connectivity index (χ0) is 45.2. The SMILES string of the molecule is CCc1cc2c(cc1N1CCN(C(=O)CCCN3CC[C@@H](C)[C@@H](NC(=O)[C@H](CCCn4ccnc4N)NC(=O)OC(C)(C)C)C3)CC1)C(C)(C)c1[nH]c3cc(C#N)ccc3c1C2=O. The molecule has 2 fully saturated rings. The van der Waals surface area contributed by atoms with Gasteiger partial charge in [-0.05, 0) is 107 Å². The second-order valence-electron chi connectivity index (χ2n) is 19.1. The summed E-state index contributed by atoms with van der Waals surface area (Å²) in [5.41, 5.74) is 11.6. The van der Waals surface area contributed by atoms with E-state index in [0.29, 0.717) is 75.6 Å². The number of ether oxygens (including phenoxy) is 1. The van der Waals surface area contributed by atoms with E-state index >= 15 is 0 Å². The minimum absolute atomic E-state index is 0.00684. The van der Waals surface area contributed by atoms with E-state index in [1.54, 1.807) is 39.2 Å². The van der Waals surface area contributed by atoms with Crippen LogP contribution in [0.5, 0.6) is 0 Å². The summed E-state index contributed by atoms with van der Waals surface area (Å²) in [5.74, 6) is 0.559. The van der Waals surface area contributed by atoms with Gasteiger partial charge in [-0.25, -0.2) is 9.78 Å². The molecule has 3 atom stereocenters. The molecule has 63 heavy (non-hydrogen) atoms. The van der Waals surface area contributed by atoms with E-state index in [1.807, 2.05) is 21.6 Å². The van der Waals surface area contributed by atoms with Gasteiger partial charge in [-0.15, -0.1) is 0 Å². The number of imidazole rings is 1.